The summed E-state index contributed by atoms with van der Waals surface area (Å²) in [5.74, 6) is -0.251. The average molecular weight is 397 g/mol. The quantitative estimate of drug-likeness (QED) is 0.708. The van der Waals surface area contributed by atoms with Gasteiger partial charge in [-0.3, -0.25) is 4.72 Å². The molecule has 1 aliphatic heterocycles. The number of sulfonamides is 1. The lowest BCUT2D eigenvalue weighted by Gasteiger charge is -2.31. The van der Waals surface area contributed by atoms with E-state index in [9.17, 15) is 12.8 Å². The van der Waals surface area contributed by atoms with Crippen molar-refractivity contribution in [2.75, 3.05) is 16.2 Å². The summed E-state index contributed by atoms with van der Waals surface area (Å²) < 4.78 is 40.9. The van der Waals surface area contributed by atoms with Crippen LogP contribution in [0.2, 0.25) is 0 Å². The molecule has 2 heterocycles. The van der Waals surface area contributed by atoms with E-state index in [4.69, 9.17) is 0 Å². The van der Waals surface area contributed by atoms with Gasteiger partial charge in [-0.25, -0.2) is 17.8 Å². The molecule has 0 saturated heterocycles. The van der Waals surface area contributed by atoms with Crippen LogP contribution in [0.5, 0.6) is 0 Å². The summed E-state index contributed by atoms with van der Waals surface area (Å²) in [6.45, 7) is 2.44. The van der Waals surface area contributed by atoms with Crippen molar-refractivity contribution in [3.8, 4) is 0 Å². The number of para-hydroxylation sites is 1. The van der Waals surface area contributed by atoms with Crippen molar-refractivity contribution in [2.45, 2.75) is 24.7 Å². The first-order valence-corrected chi connectivity index (χ1v) is 10.5. The van der Waals surface area contributed by atoms with E-state index < -0.39 is 15.8 Å². The van der Waals surface area contributed by atoms with E-state index in [1.807, 2.05) is 18.2 Å². The molecular formula is C21H20FN3O2S. The second-order valence-electron chi connectivity index (χ2n) is 6.80. The number of nitrogens with one attached hydrogen (secondary N) is 1. The van der Waals surface area contributed by atoms with Crippen LogP contribution in [-0.2, 0) is 16.4 Å². The summed E-state index contributed by atoms with van der Waals surface area (Å²) in [4.78, 5) is 6.50. The first kappa shape index (κ1) is 18.4. The maximum absolute atomic E-state index is 13.3. The van der Waals surface area contributed by atoms with Crippen LogP contribution >= 0.6 is 0 Å². The topological polar surface area (TPSA) is 62.3 Å². The Kier molecular flexibility index (Phi) is 4.77. The molecule has 0 spiro atoms. The predicted octanol–water partition coefficient (Wildman–Crippen LogP) is 4.41. The number of nitrogens with zero attached hydrogens (tertiary/aromatic N) is 2. The number of pyridine rings is 1. The monoisotopic (exact) mass is 397 g/mol. The van der Waals surface area contributed by atoms with Gasteiger partial charge in [0.15, 0.2) is 0 Å². The Morgan fingerprint density at radius 3 is 2.68 bits per heavy atom. The summed E-state index contributed by atoms with van der Waals surface area (Å²) in [6.07, 6.45) is 3.77. The first-order valence-electron chi connectivity index (χ1n) is 9.04. The van der Waals surface area contributed by atoms with Crippen LogP contribution in [0.4, 0.5) is 21.6 Å². The Bertz CT molecular complexity index is 1110. The van der Waals surface area contributed by atoms with E-state index in [1.54, 1.807) is 19.2 Å². The molecular weight excluding hydrogens is 377 g/mol. The summed E-state index contributed by atoms with van der Waals surface area (Å²) >= 11 is 0. The minimum absolute atomic E-state index is 0.0322. The third-order valence-electron chi connectivity index (χ3n) is 4.84. The van der Waals surface area contributed by atoms with Gasteiger partial charge >= 0.3 is 0 Å². The smallest absolute Gasteiger partial charge is 0.263 e. The Morgan fingerprint density at radius 2 is 1.93 bits per heavy atom. The van der Waals surface area contributed by atoms with Crippen LogP contribution < -0.4 is 9.62 Å². The normalized spacial score (nSPS) is 13.9. The van der Waals surface area contributed by atoms with Gasteiger partial charge in [-0.1, -0.05) is 18.2 Å². The molecule has 0 atom stereocenters. The van der Waals surface area contributed by atoms with Crippen molar-refractivity contribution in [3.05, 3.63) is 77.7 Å². The maximum Gasteiger partial charge on any atom is 0.263 e. The zero-order valence-electron chi connectivity index (χ0n) is 15.4. The lowest BCUT2D eigenvalue weighted by Crippen LogP contribution is -2.24. The molecule has 7 heteroatoms. The highest BCUT2D eigenvalue weighted by molar-refractivity contribution is 7.92. The number of hydrogen-bond donors (Lipinski definition) is 1. The maximum atomic E-state index is 13.3. The van der Waals surface area contributed by atoms with Gasteiger partial charge in [0.1, 0.15) is 11.6 Å². The molecule has 0 unspecified atom stereocenters. The van der Waals surface area contributed by atoms with Crippen LogP contribution in [0.1, 0.15) is 17.5 Å². The molecule has 1 N–H and O–H groups in total. The number of aryl methyl sites for hydroxylation is 2. The van der Waals surface area contributed by atoms with Crippen molar-refractivity contribution in [2.24, 2.45) is 0 Å². The van der Waals surface area contributed by atoms with Gasteiger partial charge in [0, 0.05) is 12.2 Å². The standard InChI is InChI=1S/C21H20FN3O2S/c1-15-13-17(22)8-10-20(15)28(26,27)24-21-11-9-18(14-23-21)25-12-4-6-16-5-2-3-7-19(16)25/h2-3,5,7-11,13-14H,4,6,12H2,1H3,(H,23,24). The molecule has 3 aromatic rings. The van der Waals surface area contributed by atoms with Crippen LogP contribution in [-0.4, -0.2) is 19.9 Å². The summed E-state index contributed by atoms with van der Waals surface area (Å²) in [7, 11) is -3.84. The molecule has 28 heavy (non-hydrogen) atoms. The van der Waals surface area contributed by atoms with Crippen molar-refractivity contribution >= 4 is 27.2 Å². The second kappa shape index (κ2) is 7.24. The average Bonchev–Trinajstić information content (AvgIpc) is 2.67. The number of fused-ring (bicyclic) bond motifs is 1. The third-order valence-corrected chi connectivity index (χ3v) is 6.35. The number of benzene rings is 2. The molecule has 0 amide bonds. The fourth-order valence-corrected chi connectivity index (χ4v) is 4.75. The highest BCUT2D eigenvalue weighted by Gasteiger charge is 2.20. The molecule has 0 saturated carbocycles. The Hall–Kier alpha value is -2.93. The van der Waals surface area contributed by atoms with Gasteiger partial charge in [0.05, 0.1) is 16.8 Å². The first-order chi connectivity index (χ1) is 13.4. The summed E-state index contributed by atoms with van der Waals surface area (Å²) in [5, 5.41) is 0. The second-order valence-corrected chi connectivity index (χ2v) is 8.45. The number of rotatable bonds is 4. The molecule has 0 radical (unpaired) electrons. The van der Waals surface area contributed by atoms with Crippen LogP contribution in [0, 0.1) is 12.7 Å². The zero-order valence-corrected chi connectivity index (χ0v) is 16.2. The van der Waals surface area contributed by atoms with E-state index in [0.717, 1.165) is 36.8 Å². The van der Waals surface area contributed by atoms with E-state index in [1.165, 1.54) is 17.7 Å². The van der Waals surface area contributed by atoms with Crippen LogP contribution in [0.3, 0.4) is 0 Å². The Morgan fingerprint density at radius 1 is 1.11 bits per heavy atom. The molecule has 2 aromatic carbocycles. The number of anilines is 3. The van der Waals surface area contributed by atoms with E-state index in [-0.39, 0.29) is 10.7 Å². The van der Waals surface area contributed by atoms with Gasteiger partial charge in [0.25, 0.3) is 10.0 Å². The predicted molar refractivity (Wildman–Crippen MR) is 108 cm³/mol. The van der Waals surface area contributed by atoms with Crippen molar-refractivity contribution in [1.82, 2.24) is 4.98 Å². The molecule has 0 bridgehead atoms. The number of aromatic nitrogens is 1. The third kappa shape index (κ3) is 3.57. The highest BCUT2D eigenvalue weighted by atomic mass is 32.2. The van der Waals surface area contributed by atoms with Crippen molar-refractivity contribution < 1.29 is 12.8 Å². The largest absolute Gasteiger partial charge is 0.340 e. The molecule has 1 aromatic heterocycles. The summed E-state index contributed by atoms with van der Waals surface area (Å²) in [5.41, 5.74) is 3.71. The van der Waals surface area contributed by atoms with Gasteiger partial charge in [0.2, 0.25) is 0 Å². The van der Waals surface area contributed by atoms with Gasteiger partial charge in [-0.2, -0.15) is 0 Å². The SMILES string of the molecule is Cc1cc(F)ccc1S(=O)(=O)Nc1ccc(N2CCCc3ccccc32)cn1. The van der Waals surface area contributed by atoms with E-state index >= 15 is 0 Å². The zero-order chi connectivity index (χ0) is 19.7. The molecule has 144 valence electrons. The van der Waals surface area contributed by atoms with Crippen molar-refractivity contribution in [3.63, 3.8) is 0 Å². The van der Waals surface area contributed by atoms with Gasteiger partial charge in [-0.15, -0.1) is 0 Å². The minimum atomic E-state index is -3.84. The number of hydrogen-bond acceptors (Lipinski definition) is 4. The number of halogens is 1. The highest BCUT2D eigenvalue weighted by Crippen LogP contribution is 2.33. The van der Waals surface area contributed by atoms with Crippen LogP contribution in [0.25, 0.3) is 0 Å². The Labute approximate surface area is 163 Å². The van der Waals surface area contributed by atoms with Gasteiger partial charge < -0.3 is 4.90 Å². The van der Waals surface area contributed by atoms with Gasteiger partial charge in [-0.05, 0) is 67.3 Å². The minimum Gasteiger partial charge on any atom is -0.340 e. The molecule has 0 aliphatic carbocycles. The van der Waals surface area contributed by atoms with Crippen LogP contribution in [0.15, 0.2) is 65.7 Å². The summed E-state index contributed by atoms with van der Waals surface area (Å²) in [6, 6.07) is 15.3. The fraction of sp³-hybridized carbons (Fsp3) is 0.190. The lowest BCUT2D eigenvalue weighted by molar-refractivity contribution is 0.598. The fourth-order valence-electron chi connectivity index (χ4n) is 3.51. The Balaban J connectivity index is 1.58. The molecule has 5 nitrogen and oxygen atoms in total. The van der Waals surface area contributed by atoms with E-state index in [0.29, 0.717) is 5.56 Å². The molecule has 0 fully saturated rings. The van der Waals surface area contributed by atoms with E-state index in [2.05, 4.69) is 26.7 Å². The molecule has 4 rings (SSSR count). The lowest BCUT2D eigenvalue weighted by atomic mass is 10.0. The van der Waals surface area contributed by atoms with Crippen molar-refractivity contribution in [1.29, 1.82) is 0 Å². The molecule has 1 aliphatic rings.